The fourth-order valence-electron chi connectivity index (χ4n) is 3.50. The maximum absolute atomic E-state index is 9.20. The van der Waals surface area contributed by atoms with Crippen molar-refractivity contribution in [3.8, 4) is 0 Å². The summed E-state index contributed by atoms with van der Waals surface area (Å²) in [4.78, 5) is 6.16. The monoisotopic (exact) mass is 280 g/mol. The Balaban J connectivity index is 1.62. The van der Waals surface area contributed by atoms with Gasteiger partial charge in [-0.3, -0.25) is 0 Å². The number of fused-ring (bicyclic) bond motifs is 1. The van der Waals surface area contributed by atoms with E-state index in [4.69, 9.17) is 0 Å². The maximum atomic E-state index is 9.20. The van der Waals surface area contributed by atoms with Crippen molar-refractivity contribution in [2.24, 2.45) is 5.92 Å². The molecular weight excluding hydrogens is 256 g/mol. The number of aliphatic hydroxyl groups excluding tert-OH is 1. The molecule has 106 valence electrons. The summed E-state index contributed by atoms with van der Waals surface area (Å²) in [5.41, 5.74) is 1.34. The average molecular weight is 280 g/mol. The Labute approximate surface area is 119 Å². The van der Waals surface area contributed by atoms with Crippen LogP contribution in [0.15, 0.2) is 0 Å². The molecule has 0 aromatic carbocycles. The van der Waals surface area contributed by atoms with Gasteiger partial charge in [0.05, 0.1) is 10.7 Å². The first-order chi connectivity index (χ1) is 9.26. The van der Waals surface area contributed by atoms with Gasteiger partial charge in [0, 0.05) is 23.6 Å². The van der Waals surface area contributed by atoms with Crippen molar-refractivity contribution in [1.82, 2.24) is 10.3 Å². The number of aliphatic hydroxyl groups is 1. The zero-order chi connectivity index (χ0) is 13.2. The predicted octanol–water partition coefficient (Wildman–Crippen LogP) is 2.97. The second-order valence-electron chi connectivity index (χ2n) is 6.06. The van der Waals surface area contributed by atoms with E-state index in [2.05, 4.69) is 17.2 Å². The molecule has 1 heterocycles. The van der Waals surface area contributed by atoms with E-state index >= 15 is 0 Å². The van der Waals surface area contributed by atoms with E-state index < -0.39 is 0 Å². The topological polar surface area (TPSA) is 45.2 Å². The molecule has 0 bridgehead atoms. The molecule has 3 rings (SSSR count). The molecule has 2 aliphatic rings. The van der Waals surface area contributed by atoms with Gasteiger partial charge in [-0.25, -0.2) is 4.98 Å². The minimum Gasteiger partial charge on any atom is -0.396 e. The highest BCUT2D eigenvalue weighted by Crippen LogP contribution is 2.35. The minimum absolute atomic E-state index is 0.369. The number of nitrogens with zero attached hydrogens (tertiary/aromatic N) is 1. The zero-order valence-electron chi connectivity index (χ0n) is 11.7. The molecule has 0 saturated heterocycles. The summed E-state index contributed by atoms with van der Waals surface area (Å²) in [5.74, 6) is 0.547. The number of hydrogen-bond acceptors (Lipinski definition) is 4. The van der Waals surface area contributed by atoms with Crippen LogP contribution in [0.1, 0.15) is 60.1 Å². The van der Waals surface area contributed by atoms with Gasteiger partial charge in [0.2, 0.25) is 0 Å². The summed E-state index contributed by atoms with van der Waals surface area (Å²) in [5, 5.41) is 14.3. The molecule has 3 nitrogen and oxygen atoms in total. The van der Waals surface area contributed by atoms with Gasteiger partial charge in [-0.15, -0.1) is 11.3 Å². The molecule has 4 heteroatoms. The summed E-state index contributed by atoms with van der Waals surface area (Å²) < 4.78 is 0. The molecule has 0 spiro atoms. The third-order valence-electron chi connectivity index (χ3n) is 4.60. The molecule has 1 unspecified atom stereocenters. The van der Waals surface area contributed by atoms with Crippen molar-refractivity contribution in [1.29, 1.82) is 0 Å². The second-order valence-corrected chi connectivity index (χ2v) is 7.29. The Hall–Kier alpha value is -0.450. The summed E-state index contributed by atoms with van der Waals surface area (Å²) in [6.07, 6.45) is 8.47. The van der Waals surface area contributed by atoms with Crippen LogP contribution in [0.4, 0.5) is 0 Å². The number of hydrogen-bond donors (Lipinski definition) is 2. The van der Waals surface area contributed by atoms with E-state index in [1.807, 2.05) is 11.3 Å². The van der Waals surface area contributed by atoms with Crippen LogP contribution in [0.5, 0.6) is 0 Å². The van der Waals surface area contributed by atoms with Crippen LogP contribution in [-0.4, -0.2) is 22.7 Å². The van der Waals surface area contributed by atoms with Crippen molar-refractivity contribution < 1.29 is 5.11 Å². The number of thiazole rings is 1. The largest absolute Gasteiger partial charge is 0.396 e. The summed E-state index contributed by atoms with van der Waals surface area (Å²) in [6, 6.07) is 1.17. The molecule has 2 aliphatic carbocycles. The fraction of sp³-hybridized carbons (Fsp3) is 0.800. The van der Waals surface area contributed by atoms with Crippen LogP contribution in [-0.2, 0) is 6.42 Å². The molecule has 1 aromatic rings. The molecule has 0 aliphatic heterocycles. The SMILES string of the molecule is Cc1nc2c(s1)C(NC1CCC(CO)CC1)CCC2. The Bertz CT molecular complexity index is 424. The number of aromatic nitrogens is 1. The summed E-state index contributed by atoms with van der Waals surface area (Å²) >= 11 is 1.88. The number of nitrogens with one attached hydrogen (secondary N) is 1. The highest BCUT2D eigenvalue weighted by atomic mass is 32.1. The summed E-state index contributed by atoms with van der Waals surface area (Å²) in [7, 11) is 0. The van der Waals surface area contributed by atoms with Crippen molar-refractivity contribution in [2.45, 2.75) is 64.0 Å². The molecule has 0 radical (unpaired) electrons. The van der Waals surface area contributed by atoms with Crippen LogP contribution >= 0.6 is 11.3 Å². The molecule has 2 N–H and O–H groups in total. The molecule has 1 fully saturated rings. The predicted molar refractivity (Wildman–Crippen MR) is 78.5 cm³/mol. The molecule has 1 aromatic heterocycles. The third-order valence-corrected chi connectivity index (χ3v) is 5.73. The van der Waals surface area contributed by atoms with Crippen molar-refractivity contribution in [2.75, 3.05) is 6.61 Å². The van der Waals surface area contributed by atoms with Gasteiger partial charge >= 0.3 is 0 Å². The van der Waals surface area contributed by atoms with Crippen LogP contribution in [0.25, 0.3) is 0 Å². The van der Waals surface area contributed by atoms with Gasteiger partial charge in [0.1, 0.15) is 0 Å². The lowest BCUT2D eigenvalue weighted by Gasteiger charge is -2.32. The average Bonchev–Trinajstić information content (AvgIpc) is 2.81. The highest BCUT2D eigenvalue weighted by molar-refractivity contribution is 7.11. The van der Waals surface area contributed by atoms with Crippen LogP contribution in [0.2, 0.25) is 0 Å². The fourth-order valence-corrected chi connectivity index (χ4v) is 4.57. The number of aryl methyl sites for hydroxylation is 2. The molecule has 0 amide bonds. The Morgan fingerprint density at radius 1 is 1.26 bits per heavy atom. The van der Waals surface area contributed by atoms with E-state index in [0.717, 1.165) is 6.42 Å². The third kappa shape index (κ3) is 3.01. The first kappa shape index (κ1) is 13.5. The van der Waals surface area contributed by atoms with Crippen molar-refractivity contribution in [3.05, 3.63) is 15.6 Å². The lowest BCUT2D eigenvalue weighted by Crippen LogP contribution is -2.37. The quantitative estimate of drug-likeness (QED) is 0.894. The maximum Gasteiger partial charge on any atom is 0.0900 e. The second kappa shape index (κ2) is 5.90. The van der Waals surface area contributed by atoms with Crippen LogP contribution in [0.3, 0.4) is 0 Å². The van der Waals surface area contributed by atoms with Gasteiger partial charge in [0.25, 0.3) is 0 Å². The lowest BCUT2D eigenvalue weighted by molar-refractivity contribution is 0.170. The van der Waals surface area contributed by atoms with Gasteiger partial charge < -0.3 is 10.4 Å². The molecule has 1 saturated carbocycles. The van der Waals surface area contributed by atoms with E-state index in [9.17, 15) is 5.11 Å². The molecular formula is C15H24N2OS. The zero-order valence-corrected chi connectivity index (χ0v) is 12.5. The van der Waals surface area contributed by atoms with E-state index in [0.29, 0.717) is 24.6 Å². The summed E-state index contributed by atoms with van der Waals surface area (Å²) in [6.45, 7) is 2.49. The first-order valence-corrected chi connectivity index (χ1v) is 8.41. The highest BCUT2D eigenvalue weighted by Gasteiger charge is 2.28. The van der Waals surface area contributed by atoms with E-state index in [-0.39, 0.29) is 0 Å². The van der Waals surface area contributed by atoms with Gasteiger partial charge in [-0.2, -0.15) is 0 Å². The molecule has 1 atom stereocenters. The van der Waals surface area contributed by atoms with Gasteiger partial charge in [-0.05, 0) is 57.8 Å². The Morgan fingerprint density at radius 3 is 2.79 bits per heavy atom. The standard InChI is InChI=1S/C15H24N2OS/c1-10-16-13-3-2-4-14(15(13)19-10)17-12-7-5-11(9-18)6-8-12/h11-12,14,17-18H,2-9H2,1H3. The molecule has 19 heavy (non-hydrogen) atoms. The minimum atomic E-state index is 0.369. The van der Waals surface area contributed by atoms with Gasteiger partial charge in [-0.1, -0.05) is 0 Å². The Kier molecular flexibility index (Phi) is 4.20. The van der Waals surface area contributed by atoms with Crippen LogP contribution in [0, 0.1) is 12.8 Å². The van der Waals surface area contributed by atoms with Gasteiger partial charge in [0.15, 0.2) is 0 Å². The van der Waals surface area contributed by atoms with Crippen LogP contribution < -0.4 is 5.32 Å². The van der Waals surface area contributed by atoms with Crippen molar-refractivity contribution in [3.63, 3.8) is 0 Å². The lowest BCUT2D eigenvalue weighted by atomic mass is 9.85. The first-order valence-electron chi connectivity index (χ1n) is 7.59. The number of rotatable bonds is 3. The Morgan fingerprint density at radius 2 is 2.05 bits per heavy atom. The van der Waals surface area contributed by atoms with E-state index in [1.54, 1.807) is 0 Å². The normalized spacial score (nSPS) is 31.2. The van der Waals surface area contributed by atoms with Crippen molar-refractivity contribution >= 4 is 11.3 Å². The van der Waals surface area contributed by atoms with E-state index in [1.165, 1.54) is 54.1 Å². The smallest absolute Gasteiger partial charge is 0.0900 e.